The minimum absolute atomic E-state index is 0.279. The highest BCUT2D eigenvalue weighted by atomic mass is 16.7. The third-order valence-corrected chi connectivity index (χ3v) is 1.51. The lowest BCUT2D eigenvalue weighted by Gasteiger charge is -2.17. The van der Waals surface area contributed by atoms with Crippen LogP contribution < -0.4 is 0 Å². The number of aliphatic hydroxyl groups is 1. The molecule has 1 aliphatic rings. The second-order valence-electron chi connectivity index (χ2n) is 2.94. The molecular weight excluding hydrogens is 146 g/mol. The van der Waals surface area contributed by atoms with Crippen LogP contribution in [-0.2, 0) is 9.47 Å². The van der Waals surface area contributed by atoms with Gasteiger partial charge in [-0.25, -0.2) is 0 Å². The van der Waals surface area contributed by atoms with Crippen LogP contribution >= 0.6 is 0 Å². The molecule has 0 bridgehead atoms. The molecule has 1 N–H and O–H groups in total. The molecule has 0 radical (unpaired) electrons. The third-order valence-electron chi connectivity index (χ3n) is 1.51. The van der Waals surface area contributed by atoms with Crippen LogP contribution in [0.2, 0.25) is 0 Å². The molecule has 62 valence electrons. The van der Waals surface area contributed by atoms with Crippen LogP contribution in [0.1, 0.15) is 13.8 Å². The van der Waals surface area contributed by atoms with Gasteiger partial charge in [0.25, 0.3) is 0 Å². The molecule has 0 unspecified atom stereocenters. The van der Waals surface area contributed by atoms with Gasteiger partial charge < -0.3 is 14.6 Å². The molecule has 1 rings (SSSR count). The fourth-order valence-corrected chi connectivity index (χ4v) is 0.954. The average molecular weight is 157 g/mol. The first-order chi connectivity index (χ1) is 5.05. The van der Waals surface area contributed by atoms with Crippen molar-refractivity contribution in [3.8, 4) is 6.07 Å². The standard InChI is InChI=1S/C7H11NO3/c1-7(2)10-4-6(11-7)5(9)3-8/h5-6,9H,4H2,1-2H3/t5-,6+/m0/s1. The summed E-state index contributed by atoms with van der Waals surface area (Å²) >= 11 is 0. The monoisotopic (exact) mass is 157 g/mol. The molecule has 11 heavy (non-hydrogen) atoms. The van der Waals surface area contributed by atoms with E-state index in [4.69, 9.17) is 19.8 Å². The van der Waals surface area contributed by atoms with Gasteiger partial charge in [-0.3, -0.25) is 0 Å². The van der Waals surface area contributed by atoms with E-state index in [-0.39, 0.29) is 6.61 Å². The molecule has 1 aliphatic heterocycles. The Morgan fingerprint density at radius 2 is 2.36 bits per heavy atom. The smallest absolute Gasteiger partial charge is 0.168 e. The van der Waals surface area contributed by atoms with E-state index < -0.39 is 18.0 Å². The van der Waals surface area contributed by atoms with Crippen LogP contribution in [0.5, 0.6) is 0 Å². The highest BCUT2D eigenvalue weighted by molar-refractivity contribution is 4.91. The fourth-order valence-electron chi connectivity index (χ4n) is 0.954. The molecule has 0 amide bonds. The van der Waals surface area contributed by atoms with E-state index in [0.29, 0.717) is 0 Å². The minimum Gasteiger partial charge on any atom is -0.375 e. The molecule has 0 saturated carbocycles. The van der Waals surface area contributed by atoms with Gasteiger partial charge in [0.05, 0.1) is 12.7 Å². The molecule has 1 saturated heterocycles. The summed E-state index contributed by atoms with van der Waals surface area (Å²) in [4.78, 5) is 0. The summed E-state index contributed by atoms with van der Waals surface area (Å²) in [7, 11) is 0. The largest absolute Gasteiger partial charge is 0.375 e. The van der Waals surface area contributed by atoms with Crippen molar-refractivity contribution in [1.29, 1.82) is 5.26 Å². The molecular formula is C7H11NO3. The summed E-state index contributed by atoms with van der Waals surface area (Å²) in [5, 5.41) is 17.4. The zero-order chi connectivity index (χ0) is 8.48. The van der Waals surface area contributed by atoms with Crippen LogP contribution in [0.25, 0.3) is 0 Å². The first-order valence-electron chi connectivity index (χ1n) is 3.44. The fraction of sp³-hybridized carbons (Fsp3) is 0.857. The van der Waals surface area contributed by atoms with Crippen LogP contribution in [0, 0.1) is 11.3 Å². The van der Waals surface area contributed by atoms with E-state index in [1.165, 1.54) is 0 Å². The van der Waals surface area contributed by atoms with Gasteiger partial charge in [0.1, 0.15) is 6.10 Å². The van der Waals surface area contributed by atoms with Crippen molar-refractivity contribution in [1.82, 2.24) is 0 Å². The normalized spacial score (nSPS) is 31.3. The number of aliphatic hydroxyl groups excluding tert-OH is 1. The number of nitrogens with zero attached hydrogens (tertiary/aromatic N) is 1. The maximum absolute atomic E-state index is 9.02. The van der Waals surface area contributed by atoms with Crippen molar-refractivity contribution >= 4 is 0 Å². The Balaban J connectivity index is 2.50. The van der Waals surface area contributed by atoms with E-state index in [1.54, 1.807) is 19.9 Å². The first kappa shape index (κ1) is 8.47. The first-order valence-corrected chi connectivity index (χ1v) is 3.44. The number of hydrogen-bond acceptors (Lipinski definition) is 4. The Morgan fingerprint density at radius 3 is 2.73 bits per heavy atom. The molecule has 2 atom stereocenters. The van der Waals surface area contributed by atoms with Gasteiger partial charge in [-0.15, -0.1) is 0 Å². The van der Waals surface area contributed by atoms with Crippen LogP contribution in [0.3, 0.4) is 0 Å². The van der Waals surface area contributed by atoms with Crippen LogP contribution in [-0.4, -0.2) is 29.7 Å². The molecule has 0 aromatic carbocycles. The minimum atomic E-state index is -1.09. The molecule has 4 nitrogen and oxygen atoms in total. The van der Waals surface area contributed by atoms with Gasteiger partial charge in [0.15, 0.2) is 11.9 Å². The lowest BCUT2D eigenvalue weighted by Crippen LogP contribution is -2.29. The topological polar surface area (TPSA) is 62.5 Å². The molecule has 4 heteroatoms. The highest BCUT2D eigenvalue weighted by Gasteiger charge is 2.36. The van der Waals surface area contributed by atoms with Crippen molar-refractivity contribution in [3.05, 3.63) is 0 Å². The maximum Gasteiger partial charge on any atom is 0.168 e. The van der Waals surface area contributed by atoms with Gasteiger partial charge in [-0.2, -0.15) is 5.26 Å². The van der Waals surface area contributed by atoms with E-state index in [2.05, 4.69) is 0 Å². The lowest BCUT2D eigenvalue weighted by atomic mass is 10.2. The SMILES string of the molecule is CC1(C)OC[C@H]([C@@H](O)C#N)O1. The molecule has 0 spiro atoms. The van der Waals surface area contributed by atoms with Gasteiger partial charge in [0.2, 0.25) is 0 Å². The Morgan fingerprint density at radius 1 is 1.73 bits per heavy atom. The summed E-state index contributed by atoms with van der Waals surface area (Å²) in [5.74, 6) is -0.664. The van der Waals surface area contributed by atoms with E-state index in [9.17, 15) is 0 Å². The quantitative estimate of drug-likeness (QED) is 0.545. The summed E-state index contributed by atoms with van der Waals surface area (Å²) in [6.07, 6.45) is -1.59. The van der Waals surface area contributed by atoms with Crippen molar-refractivity contribution < 1.29 is 14.6 Å². The van der Waals surface area contributed by atoms with Gasteiger partial charge in [-0.05, 0) is 13.8 Å². The maximum atomic E-state index is 9.02. The molecule has 0 aromatic rings. The van der Waals surface area contributed by atoms with Crippen LogP contribution in [0.4, 0.5) is 0 Å². The molecule has 1 fully saturated rings. The Bertz CT molecular complexity index is 185. The van der Waals surface area contributed by atoms with Gasteiger partial charge in [0, 0.05) is 0 Å². The Labute approximate surface area is 65.3 Å². The third kappa shape index (κ3) is 1.90. The lowest BCUT2D eigenvalue weighted by molar-refractivity contribution is -0.146. The predicted molar refractivity (Wildman–Crippen MR) is 36.5 cm³/mol. The average Bonchev–Trinajstić information content (AvgIpc) is 2.29. The summed E-state index contributed by atoms with van der Waals surface area (Å²) in [5.41, 5.74) is 0. The molecule has 0 aromatic heterocycles. The zero-order valence-electron chi connectivity index (χ0n) is 6.57. The van der Waals surface area contributed by atoms with E-state index in [1.807, 2.05) is 0 Å². The Kier molecular flexibility index (Phi) is 2.14. The summed E-state index contributed by atoms with van der Waals surface area (Å²) < 4.78 is 10.3. The van der Waals surface area contributed by atoms with Crippen molar-refractivity contribution in [2.45, 2.75) is 31.8 Å². The van der Waals surface area contributed by atoms with Crippen molar-refractivity contribution in [2.75, 3.05) is 6.61 Å². The van der Waals surface area contributed by atoms with Crippen LogP contribution in [0.15, 0.2) is 0 Å². The summed E-state index contributed by atoms with van der Waals surface area (Å²) in [6.45, 7) is 3.77. The molecule has 0 aliphatic carbocycles. The van der Waals surface area contributed by atoms with Crippen molar-refractivity contribution in [3.63, 3.8) is 0 Å². The molecule has 1 heterocycles. The second kappa shape index (κ2) is 2.78. The predicted octanol–water partition coefficient (Wildman–Crippen LogP) is 0.0224. The van der Waals surface area contributed by atoms with Crippen molar-refractivity contribution in [2.24, 2.45) is 0 Å². The van der Waals surface area contributed by atoms with Gasteiger partial charge >= 0.3 is 0 Å². The number of ether oxygens (including phenoxy) is 2. The number of hydrogen-bond donors (Lipinski definition) is 1. The second-order valence-corrected chi connectivity index (χ2v) is 2.94. The van der Waals surface area contributed by atoms with Gasteiger partial charge in [-0.1, -0.05) is 0 Å². The number of rotatable bonds is 1. The Hall–Kier alpha value is -0.630. The van der Waals surface area contributed by atoms with E-state index >= 15 is 0 Å². The number of nitriles is 1. The van der Waals surface area contributed by atoms with E-state index in [0.717, 1.165) is 0 Å². The summed E-state index contributed by atoms with van der Waals surface area (Å²) in [6, 6.07) is 1.70. The highest BCUT2D eigenvalue weighted by Crippen LogP contribution is 2.23. The zero-order valence-corrected chi connectivity index (χ0v) is 6.57.